The molecule has 4 heteroatoms. The summed E-state index contributed by atoms with van der Waals surface area (Å²) in [6, 6.07) is 6.58. The van der Waals surface area contributed by atoms with E-state index in [2.05, 4.69) is 42.3 Å². The van der Waals surface area contributed by atoms with Gasteiger partial charge in [-0.25, -0.2) is 0 Å². The molecule has 2 fully saturated rings. The Kier molecular flexibility index (Phi) is 3.76. The van der Waals surface area contributed by atoms with E-state index in [-0.39, 0.29) is 17.9 Å². The lowest BCUT2D eigenvalue weighted by atomic mass is 10.0. The topological polar surface area (TPSA) is 41.6 Å². The molecular weight excluding hydrogens is 252 g/mol. The number of nitrogens with one attached hydrogen (secondary N) is 1. The number of benzene rings is 1. The molecule has 2 aliphatic heterocycles. The first-order chi connectivity index (χ1) is 9.63. The Morgan fingerprint density at radius 2 is 2.15 bits per heavy atom. The maximum Gasteiger partial charge on any atom is 0.227 e. The molecule has 0 spiro atoms. The molecule has 0 radical (unpaired) electrons. The zero-order chi connectivity index (χ0) is 14.1. The number of amides is 1. The molecular formula is C16H22N2O2. The summed E-state index contributed by atoms with van der Waals surface area (Å²) >= 11 is 0. The van der Waals surface area contributed by atoms with Crippen molar-refractivity contribution in [1.29, 1.82) is 0 Å². The van der Waals surface area contributed by atoms with E-state index in [1.807, 2.05) is 0 Å². The van der Waals surface area contributed by atoms with E-state index >= 15 is 0 Å². The number of hydrogen-bond acceptors (Lipinski definition) is 3. The van der Waals surface area contributed by atoms with Crippen LogP contribution in [0.15, 0.2) is 18.2 Å². The SMILES string of the molecule is Cc1cccc(CN2C[C@H]3COC[C@@H](C2)C(=O)N3)c1C. The summed E-state index contributed by atoms with van der Waals surface area (Å²) in [5.74, 6) is 0.114. The molecule has 0 aromatic heterocycles. The van der Waals surface area contributed by atoms with E-state index < -0.39 is 0 Å². The predicted octanol–water partition coefficient (Wildman–Crippen LogP) is 1.25. The van der Waals surface area contributed by atoms with Gasteiger partial charge in [-0.15, -0.1) is 0 Å². The third-order valence-electron chi connectivity index (χ3n) is 4.42. The summed E-state index contributed by atoms with van der Waals surface area (Å²) in [7, 11) is 0. The Hall–Kier alpha value is -1.39. The first-order valence-corrected chi connectivity index (χ1v) is 7.29. The Morgan fingerprint density at radius 1 is 1.30 bits per heavy atom. The maximum absolute atomic E-state index is 12.0. The van der Waals surface area contributed by atoms with Crippen molar-refractivity contribution in [3.8, 4) is 0 Å². The van der Waals surface area contributed by atoms with Crippen LogP contribution in [0.2, 0.25) is 0 Å². The normalized spacial score (nSPS) is 27.0. The second kappa shape index (κ2) is 5.54. The molecule has 4 nitrogen and oxygen atoms in total. The molecule has 2 saturated heterocycles. The minimum atomic E-state index is -0.0346. The van der Waals surface area contributed by atoms with Gasteiger partial charge in [-0.2, -0.15) is 0 Å². The number of nitrogens with zero attached hydrogens (tertiary/aromatic N) is 1. The minimum absolute atomic E-state index is 0.0346. The second-order valence-electron chi connectivity index (χ2n) is 5.99. The van der Waals surface area contributed by atoms with Crippen LogP contribution >= 0.6 is 0 Å². The molecule has 2 aliphatic rings. The summed E-state index contributed by atoms with van der Waals surface area (Å²) in [5, 5.41) is 3.08. The summed E-state index contributed by atoms with van der Waals surface area (Å²) in [4.78, 5) is 14.4. The van der Waals surface area contributed by atoms with Crippen LogP contribution < -0.4 is 5.32 Å². The molecule has 0 aliphatic carbocycles. The average molecular weight is 274 g/mol. The lowest BCUT2D eigenvalue weighted by Crippen LogP contribution is -2.41. The Morgan fingerprint density at radius 3 is 3.00 bits per heavy atom. The summed E-state index contributed by atoms with van der Waals surface area (Å²) in [5.41, 5.74) is 4.05. The molecule has 1 aromatic rings. The van der Waals surface area contributed by atoms with E-state index in [1.165, 1.54) is 16.7 Å². The van der Waals surface area contributed by atoms with E-state index in [4.69, 9.17) is 4.74 Å². The third kappa shape index (κ3) is 2.72. The van der Waals surface area contributed by atoms with E-state index in [0.717, 1.165) is 19.6 Å². The van der Waals surface area contributed by atoms with Gasteiger partial charge < -0.3 is 10.1 Å². The number of rotatable bonds is 2. The molecule has 2 bridgehead atoms. The number of hydrogen-bond donors (Lipinski definition) is 1. The highest BCUT2D eigenvalue weighted by molar-refractivity contribution is 5.79. The van der Waals surface area contributed by atoms with Gasteiger partial charge in [-0.05, 0) is 30.5 Å². The standard InChI is InChI=1S/C16H22N2O2/c1-11-4-3-5-13(12(11)2)6-18-7-14-9-20-10-15(8-18)17-16(14)19/h3-5,14-15H,6-10H2,1-2H3,(H,17,19)/t14-,15+/m1/s1. The van der Waals surface area contributed by atoms with E-state index in [0.29, 0.717) is 13.2 Å². The zero-order valence-electron chi connectivity index (χ0n) is 12.2. The molecule has 0 saturated carbocycles. The van der Waals surface area contributed by atoms with Crippen LogP contribution in [0.3, 0.4) is 0 Å². The Balaban J connectivity index is 1.77. The van der Waals surface area contributed by atoms with Gasteiger partial charge in [0.05, 0.1) is 25.2 Å². The molecule has 0 unspecified atom stereocenters. The highest BCUT2D eigenvalue weighted by atomic mass is 16.5. The molecule has 3 rings (SSSR count). The van der Waals surface area contributed by atoms with Crippen molar-refractivity contribution >= 4 is 5.91 Å². The minimum Gasteiger partial charge on any atom is -0.378 e. The third-order valence-corrected chi connectivity index (χ3v) is 4.42. The van der Waals surface area contributed by atoms with Crippen molar-refractivity contribution < 1.29 is 9.53 Å². The van der Waals surface area contributed by atoms with Gasteiger partial charge in [0, 0.05) is 19.6 Å². The Bertz CT molecular complexity index is 515. The molecule has 2 heterocycles. The smallest absolute Gasteiger partial charge is 0.227 e. The van der Waals surface area contributed by atoms with Crippen LogP contribution in [-0.4, -0.2) is 43.2 Å². The number of ether oxygens (including phenoxy) is 1. The zero-order valence-corrected chi connectivity index (χ0v) is 12.2. The number of fused-ring (bicyclic) bond motifs is 3. The summed E-state index contributed by atoms with van der Waals surface area (Å²) in [6.45, 7) is 8.07. The Labute approximate surface area is 120 Å². The fraction of sp³-hybridized carbons (Fsp3) is 0.562. The quantitative estimate of drug-likeness (QED) is 0.882. The summed E-state index contributed by atoms with van der Waals surface area (Å²) in [6.07, 6.45) is 0. The highest BCUT2D eigenvalue weighted by Gasteiger charge is 2.33. The molecule has 108 valence electrons. The van der Waals surface area contributed by atoms with Crippen LogP contribution in [0.4, 0.5) is 0 Å². The molecule has 20 heavy (non-hydrogen) atoms. The lowest BCUT2D eigenvalue weighted by molar-refractivity contribution is -0.125. The lowest BCUT2D eigenvalue weighted by Gasteiger charge is -2.28. The average Bonchev–Trinajstić information content (AvgIpc) is 2.64. The van der Waals surface area contributed by atoms with Crippen molar-refractivity contribution in [3.05, 3.63) is 34.9 Å². The van der Waals surface area contributed by atoms with Crippen molar-refractivity contribution in [2.24, 2.45) is 5.92 Å². The van der Waals surface area contributed by atoms with Gasteiger partial charge in [0.2, 0.25) is 5.91 Å². The predicted molar refractivity (Wildman–Crippen MR) is 77.4 cm³/mol. The van der Waals surface area contributed by atoms with Gasteiger partial charge in [0.15, 0.2) is 0 Å². The van der Waals surface area contributed by atoms with Crippen LogP contribution in [0.1, 0.15) is 16.7 Å². The van der Waals surface area contributed by atoms with Gasteiger partial charge >= 0.3 is 0 Å². The largest absolute Gasteiger partial charge is 0.378 e. The van der Waals surface area contributed by atoms with E-state index in [9.17, 15) is 4.79 Å². The first kappa shape index (κ1) is 13.6. The van der Waals surface area contributed by atoms with Crippen LogP contribution in [0.25, 0.3) is 0 Å². The second-order valence-corrected chi connectivity index (χ2v) is 5.99. The first-order valence-electron chi connectivity index (χ1n) is 7.29. The number of aryl methyl sites for hydroxylation is 1. The monoisotopic (exact) mass is 274 g/mol. The van der Waals surface area contributed by atoms with Crippen LogP contribution in [-0.2, 0) is 16.1 Å². The van der Waals surface area contributed by atoms with Gasteiger partial charge in [0.25, 0.3) is 0 Å². The van der Waals surface area contributed by atoms with Crippen molar-refractivity contribution in [2.75, 3.05) is 26.3 Å². The van der Waals surface area contributed by atoms with Crippen molar-refractivity contribution in [1.82, 2.24) is 10.2 Å². The fourth-order valence-corrected chi connectivity index (χ4v) is 3.07. The highest BCUT2D eigenvalue weighted by Crippen LogP contribution is 2.19. The van der Waals surface area contributed by atoms with Gasteiger partial charge in [-0.1, -0.05) is 18.2 Å². The van der Waals surface area contributed by atoms with Crippen LogP contribution in [0, 0.1) is 19.8 Å². The summed E-state index contributed by atoms with van der Waals surface area (Å²) < 4.78 is 5.56. The van der Waals surface area contributed by atoms with Crippen molar-refractivity contribution in [2.45, 2.75) is 26.4 Å². The van der Waals surface area contributed by atoms with Crippen LogP contribution in [0.5, 0.6) is 0 Å². The molecule has 1 aromatic carbocycles. The maximum atomic E-state index is 12.0. The fourth-order valence-electron chi connectivity index (χ4n) is 3.07. The number of carbonyl (C=O) groups excluding carboxylic acids is 1. The van der Waals surface area contributed by atoms with Crippen molar-refractivity contribution in [3.63, 3.8) is 0 Å². The molecule has 1 amide bonds. The van der Waals surface area contributed by atoms with E-state index in [1.54, 1.807) is 0 Å². The van der Waals surface area contributed by atoms with Gasteiger partial charge in [-0.3, -0.25) is 9.69 Å². The molecule has 2 atom stereocenters. The number of carbonyl (C=O) groups is 1. The molecule has 1 N–H and O–H groups in total. The van der Waals surface area contributed by atoms with Gasteiger partial charge in [0.1, 0.15) is 0 Å².